The van der Waals surface area contributed by atoms with Gasteiger partial charge >= 0.3 is 7.12 Å². The molecule has 1 fully saturated rings. The van der Waals surface area contributed by atoms with Gasteiger partial charge in [-0.3, -0.25) is 0 Å². The largest absolute Gasteiger partial charge is 0.495 e. The average molecular weight is 290 g/mol. The Labute approximate surface area is 128 Å². The van der Waals surface area contributed by atoms with E-state index in [9.17, 15) is 0 Å². The third-order valence-electron chi connectivity index (χ3n) is 4.57. The molecule has 1 saturated heterocycles. The Balaban J connectivity index is 2.55. The third-order valence-corrected chi connectivity index (χ3v) is 4.57. The highest BCUT2D eigenvalue weighted by Crippen LogP contribution is 2.38. The molecular formula is C16H27BN2O2. The van der Waals surface area contributed by atoms with E-state index >= 15 is 0 Å². The first kappa shape index (κ1) is 16.2. The van der Waals surface area contributed by atoms with Crippen LogP contribution in [-0.4, -0.2) is 18.3 Å². The van der Waals surface area contributed by atoms with Gasteiger partial charge in [0.25, 0.3) is 0 Å². The molecule has 2 rings (SSSR count). The predicted molar refractivity (Wildman–Crippen MR) is 89.7 cm³/mol. The maximum atomic E-state index is 6.24. The van der Waals surface area contributed by atoms with Crippen LogP contribution in [0.5, 0.6) is 0 Å². The maximum absolute atomic E-state index is 6.24. The minimum absolute atomic E-state index is 0.140. The molecule has 0 atom stereocenters. The summed E-state index contributed by atoms with van der Waals surface area (Å²) in [5.41, 5.74) is 14.5. The normalized spacial score (nSPS) is 20.8. The average Bonchev–Trinajstić information content (AvgIpc) is 2.50. The van der Waals surface area contributed by atoms with Crippen LogP contribution in [0.25, 0.3) is 0 Å². The van der Waals surface area contributed by atoms with Gasteiger partial charge in [0.1, 0.15) is 0 Å². The van der Waals surface area contributed by atoms with Crippen molar-refractivity contribution in [2.75, 3.05) is 11.5 Å². The van der Waals surface area contributed by atoms with Crippen molar-refractivity contribution < 1.29 is 9.31 Å². The van der Waals surface area contributed by atoms with Crippen LogP contribution in [0.2, 0.25) is 0 Å². The first-order valence-corrected chi connectivity index (χ1v) is 7.41. The standard InChI is InChI=1S/C16H27BN2O2/c1-14(2,3)12-10(8-9-11(18)13(12)19)17-20-15(4,5)16(6,7)21-17/h8-9H,18-19H2,1-7H3. The molecule has 0 unspecified atom stereocenters. The molecule has 0 aromatic heterocycles. The molecule has 21 heavy (non-hydrogen) atoms. The Hall–Kier alpha value is -1.20. The second kappa shape index (κ2) is 4.65. The zero-order valence-corrected chi connectivity index (χ0v) is 14.2. The lowest BCUT2D eigenvalue weighted by atomic mass is 9.69. The van der Waals surface area contributed by atoms with Crippen molar-refractivity contribution in [2.24, 2.45) is 0 Å². The molecule has 1 heterocycles. The van der Waals surface area contributed by atoms with Crippen LogP contribution >= 0.6 is 0 Å². The molecule has 0 radical (unpaired) electrons. The number of rotatable bonds is 1. The number of nitrogen functional groups attached to an aromatic ring is 2. The van der Waals surface area contributed by atoms with Gasteiger partial charge in [-0.25, -0.2) is 0 Å². The lowest BCUT2D eigenvalue weighted by molar-refractivity contribution is 0.00578. The summed E-state index contributed by atoms with van der Waals surface area (Å²) in [7, 11) is -0.424. The highest BCUT2D eigenvalue weighted by Gasteiger charge is 2.52. The summed E-state index contributed by atoms with van der Waals surface area (Å²) in [5, 5.41) is 0. The Morgan fingerprint density at radius 1 is 0.952 bits per heavy atom. The predicted octanol–water partition coefficient (Wildman–Crippen LogP) is 2.45. The van der Waals surface area contributed by atoms with Crippen molar-refractivity contribution in [2.45, 2.75) is 65.1 Å². The van der Waals surface area contributed by atoms with E-state index < -0.39 is 7.12 Å². The molecule has 116 valence electrons. The van der Waals surface area contributed by atoms with E-state index in [0.717, 1.165) is 11.0 Å². The van der Waals surface area contributed by atoms with Crippen LogP contribution in [0.1, 0.15) is 54.0 Å². The van der Waals surface area contributed by atoms with Crippen molar-refractivity contribution in [3.05, 3.63) is 17.7 Å². The van der Waals surface area contributed by atoms with E-state index in [0.29, 0.717) is 11.4 Å². The summed E-state index contributed by atoms with van der Waals surface area (Å²) < 4.78 is 12.3. The van der Waals surface area contributed by atoms with Gasteiger partial charge in [-0.1, -0.05) is 26.8 Å². The second-order valence-corrected chi connectivity index (χ2v) is 7.87. The first-order chi connectivity index (χ1) is 9.37. The lowest BCUT2D eigenvalue weighted by Crippen LogP contribution is -2.41. The summed E-state index contributed by atoms with van der Waals surface area (Å²) in [6.45, 7) is 14.5. The van der Waals surface area contributed by atoms with E-state index in [1.165, 1.54) is 0 Å². The Bertz CT molecular complexity index is 546. The molecule has 0 amide bonds. The second-order valence-electron chi connectivity index (χ2n) is 7.87. The van der Waals surface area contributed by atoms with Gasteiger partial charge in [0.15, 0.2) is 0 Å². The molecule has 5 heteroatoms. The first-order valence-electron chi connectivity index (χ1n) is 7.41. The summed E-state index contributed by atoms with van der Waals surface area (Å²) in [4.78, 5) is 0. The van der Waals surface area contributed by atoms with Crippen molar-refractivity contribution in [1.82, 2.24) is 0 Å². The molecule has 1 aliphatic rings. The molecule has 0 aliphatic carbocycles. The van der Waals surface area contributed by atoms with Gasteiger partial charge in [-0.2, -0.15) is 0 Å². The van der Waals surface area contributed by atoms with Gasteiger partial charge < -0.3 is 20.8 Å². The SMILES string of the molecule is CC(C)(C)c1c(B2OC(C)(C)C(C)(C)O2)ccc(N)c1N. The highest BCUT2D eigenvalue weighted by molar-refractivity contribution is 6.63. The lowest BCUT2D eigenvalue weighted by Gasteiger charge is -2.32. The van der Waals surface area contributed by atoms with Gasteiger partial charge in [-0.05, 0) is 50.2 Å². The van der Waals surface area contributed by atoms with Crippen LogP contribution in [0.3, 0.4) is 0 Å². The molecule has 1 aromatic carbocycles. The highest BCUT2D eigenvalue weighted by atomic mass is 16.7. The number of nitrogens with two attached hydrogens (primary N) is 2. The van der Waals surface area contributed by atoms with E-state index in [4.69, 9.17) is 20.8 Å². The van der Waals surface area contributed by atoms with Crippen LogP contribution in [0.4, 0.5) is 11.4 Å². The van der Waals surface area contributed by atoms with Crippen molar-refractivity contribution >= 4 is 24.0 Å². The van der Waals surface area contributed by atoms with Crippen molar-refractivity contribution in [1.29, 1.82) is 0 Å². The van der Waals surface area contributed by atoms with E-state index in [-0.39, 0.29) is 16.6 Å². The summed E-state index contributed by atoms with van der Waals surface area (Å²) in [5.74, 6) is 0. The molecule has 1 aliphatic heterocycles. The summed E-state index contributed by atoms with van der Waals surface area (Å²) >= 11 is 0. The third kappa shape index (κ3) is 2.65. The van der Waals surface area contributed by atoms with Crippen LogP contribution in [0.15, 0.2) is 12.1 Å². The van der Waals surface area contributed by atoms with Gasteiger partial charge in [0.2, 0.25) is 0 Å². The fraction of sp³-hybridized carbons (Fsp3) is 0.625. The Morgan fingerprint density at radius 3 is 1.86 bits per heavy atom. The van der Waals surface area contributed by atoms with Gasteiger partial charge in [0.05, 0.1) is 22.6 Å². The molecular weight excluding hydrogens is 263 g/mol. The minimum Gasteiger partial charge on any atom is -0.399 e. The topological polar surface area (TPSA) is 70.5 Å². The number of hydrogen-bond donors (Lipinski definition) is 2. The van der Waals surface area contributed by atoms with E-state index in [1.54, 1.807) is 0 Å². The van der Waals surface area contributed by atoms with Crippen LogP contribution in [-0.2, 0) is 14.7 Å². The summed E-state index contributed by atoms with van der Waals surface area (Å²) in [6, 6.07) is 3.79. The molecule has 4 nitrogen and oxygen atoms in total. The molecule has 1 aromatic rings. The number of hydrogen-bond acceptors (Lipinski definition) is 4. The number of benzene rings is 1. The molecule has 0 bridgehead atoms. The molecule has 4 N–H and O–H groups in total. The molecule has 0 saturated carbocycles. The molecule has 0 spiro atoms. The van der Waals surface area contributed by atoms with Crippen molar-refractivity contribution in [3.8, 4) is 0 Å². The van der Waals surface area contributed by atoms with Crippen LogP contribution < -0.4 is 16.9 Å². The van der Waals surface area contributed by atoms with Crippen LogP contribution in [0, 0.1) is 0 Å². The van der Waals surface area contributed by atoms with E-state index in [1.807, 2.05) is 39.8 Å². The van der Waals surface area contributed by atoms with E-state index in [2.05, 4.69) is 20.8 Å². The maximum Gasteiger partial charge on any atom is 0.495 e. The van der Waals surface area contributed by atoms with Gasteiger partial charge in [0, 0.05) is 0 Å². The number of anilines is 2. The monoisotopic (exact) mass is 290 g/mol. The zero-order chi connectivity index (χ0) is 16.2. The zero-order valence-electron chi connectivity index (χ0n) is 14.2. The van der Waals surface area contributed by atoms with Gasteiger partial charge in [-0.15, -0.1) is 0 Å². The minimum atomic E-state index is -0.424. The Morgan fingerprint density at radius 2 is 1.43 bits per heavy atom. The smallest absolute Gasteiger partial charge is 0.399 e. The van der Waals surface area contributed by atoms with Crippen molar-refractivity contribution in [3.63, 3.8) is 0 Å². The summed E-state index contributed by atoms with van der Waals surface area (Å²) in [6.07, 6.45) is 0. The Kier molecular flexibility index (Phi) is 3.58. The fourth-order valence-electron chi connectivity index (χ4n) is 2.66. The quantitative estimate of drug-likeness (QED) is 0.615. The fourth-order valence-corrected chi connectivity index (χ4v) is 2.66.